The minimum absolute atomic E-state index is 0.0407. The van der Waals surface area contributed by atoms with E-state index in [1.165, 1.54) is 5.56 Å². The molecule has 18 heavy (non-hydrogen) atoms. The summed E-state index contributed by atoms with van der Waals surface area (Å²) in [5, 5.41) is 3.04. The van der Waals surface area contributed by atoms with E-state index in [1.807, 2.05) is 39.0 Å². The molecule has 1 atom stereocenters. The molecule has 1 aliphatic heterocycles. The number of amides is 1. The molecule has 1 aromatic rings. The first-order valence-corrected chi connectivity index (χ1v) is 6.98. The molecule has 1 amide bonds. The summed E-state index contributed by atoms with van der Waals surface area (Å²) in [5.74, 6) is -0.0407. The van der Waals surface area contributed by atoms with Crippen molar-refractivity contribution in [2.75, 3.05) is 0 Å². The molecule has 0 bridgehead atoms. The van der Waals surface area contributed by atoms with Crippen LogP contribution in [0.3, 0.4) is 0 Å². The lowest BCUT2D eigenvalue weighted by atomic mass is 10.00. The van der Waals surface area contributed by atoms with Crippen LogP contribution in [0.25, 0.3) is 0 Å². The van der Waals surface area contributed by atoms with Crippen LogP contribution in [-0.2, 0) is 18.0 Å². The molecular formula is C14H18BrNO2. The Kier molecular flexibility index (Phi) is 3.78. The Morgan fingerprint density at radius 2 is 2.06 bits per heavy atom. The Morgan fingerprint density at radius 3 is 2.72 bits per heavy atom. The number of carbonyl (C=O) groups excluding carboxylic acids is 1. The van der Waals surface area contributed by atoms with Crippen molar-refractivity contribution in [3.05, 3.63) is 34.9 Å². The van der Waals surface area contributed by atoms with Crippen LogP contribution in [0, 0.1) is 0 Å². The number of hydrogen-bond acceptors (Lipinski definition) is 2. The summed E-state index contributed by atoms with van der Waals surface area (Å²) in [4.78, 5) is 12.4. The van der Waals surface area contributed by atoms with Crippen molar-refractivity contribution in [2.45, 2.75) is 44.4 Å². The number of halogens is 1. The highest BCUT2D eigenvalue weighted by molar-refractivity contribution is 9.09. The van der Waals surface area contributed by atoms with Gasteiger partial charge in [-0.05, 0) is 37.1 Å². The number of benzene rings is 1. The Balaban J connectivity index is 2.15. The van der Waals surface area contributed by atoms with E-state index in [4.69, 9.17) is 4.74 Å². The quantitative estimate of drug-likeness (QED) is 0.871. The number of hydrogen-bond donors (Lipinski definition) is 1. The minimum Gasteiger partial charge on any atom is -0.372 e. The number of rotatable bonds is 3. The molecular weight excluding hydrogens is 294 g/mol. The van der Waals surface area contributed by atoms with E-state index < -0.39 is 0 Å². The molecule has 0 spiro atoms. The van der Waals surface area contributed by atoms with Gasteiger partial charge in [0.05, 0.1) is 13.2 Å². The molecule has 0 aromatic heterocycles. The molecule has 1 heterocycles. The summed E-state index contributed by atoms with van der Waals surface area (Å²) in [6.45, 7) is 7.29. The maximum atomic E-state index is 12.2. The molecule has 1 aliphatic rings. The topological polar surface area (TPSA) is 38.3 Å². The highest BCUT2D eigenvalue weighted by Gasteiger charge is 2.26. The SMILES string of the molecule is CC(Br)C(C)(C)NC(=O)c1ccc2c(c1)COC2. The van der Waals surface area contributed by atoms with E-state index in [2.05, 4.69) is 21.2 Å². The fourth-order valence-electron chi connectivity index (χ4n) is 1.78. The highest BCUT2D eigenvalue weighted by Crippen LogP contribution is 2.22. The van der Waals surface area contributed by atoms with Gasteiger partial charge >= 0.3 is 0 Å². The second-order valence-electron chi connectivity index (χ2n) is 5.27. The summed E-state index contributed by atoms with van der Waals surface area (Å²) < 4.78 is 5.35. The number of carbonyl (C=O) groups is 1. The van der Waals surface area contributed by atoms with Gasteiger partial charge in [-0.1, -0.05) is 28.9 Å². The van der Waals surface area contributed by atoms with Crippen LogP contribution in [0.2, 0.25) is 0 Å². The van der Waals surface area contributed by atoms with Gasteiger partial charge in [0.25, 0.3) is 5.91 Å². The lowest BCUT2D eigenvalue weighted by Crippen LogP contribution is -2.48. The summed E-state index contributed by atoms with van der Waals surface area (Å²) in [6, 6.07) is 5.76. The highest BCUT2D eigenvalue weighted by atomic mass is 79.9. The fourth-order valence-corrected chi connectivity index (χ4v) is 1.89. The molecule has 0 fully saturated rings. The number of fused-ring (bicyclic) bond motifs is 1. The van der Waals surface area contributed by atoms with Gasteiger partial charge in [0, 0.05) is 15.9 Å². The van der Waals surface area contributed by atoms with Gasteiger partial charge in [-0.3, -0.25) is 4.79 Å². The predicted octanol–water partition coefficient (Wildman–Crippen LogP) is 3.01. The number of alkyl halides is 1. The first-order chi connectivity index (χ1) is 8.40. The van der Waals surface area contributed by atoms with Crippen LogP contribution >= 0.6 is 15.9 Å². The van der Waals surface area contributed by atoms with Gasteiger partial charge in [-0.2, -0.15) is 0 Å². The van der Waals surface area contributed by atoms with Crippen molar-refractivity contribution in [3.8, 4) is 0 Å². The van der Waals surface area contributed by atoms with Crippen molar-refractivity contribution in [2.24, 2.45) is 0 Å². The third-order valence-corrected chi connectivity index (χ3v) is 4.56. The second-order valence-corrected chi connectivity index (χ2v) is 6.64. The van der Waals surface area contributed by atoms with Crippen molar-refractivity contribution >= 4 is 21.8 Å². The van der Waals surface area contributed by atoms with E-state index in [-0.39, 0.29) is 16.3 Å². The zero-order chi connectivity index (χ0) is 13.3. The fraction of sp³-hybridized carbons (Fsp3) is 0.500. The lowest BCUT2D eigenvalue weighted by Gasteiger charge is -2.29. The molecule has 1 N–H and O–H groups in total. The Bertz CT molecular complexity index is 469. The molecule has 4 heteroatoms. The smallest absolute Gasteiger partial charge is 0.251 e. The summed E-state index contributed by atoms with van der Waals surface area (Å²) in [6.07, 6.45) is 0. The van der Waals surface area contributed by atoms with Crippen molar-refractivity contribution < 1.29 is 9.53 Å². The summed E-state index contributed by atoms with van der Waals surface area (Å²) in [5.41, 5.74) is 2.71. The van der Waals surface area contributed by atoms with Crippen LogP contribution in [-0.4, -0.2) is 16.3 Å². The predicted molar refractivity (Wildman–Crippen MR) is 74.9 cm³/mol. The monoisotopic (exact) mass is 311 g/mol. The average molecular weight is 312 g/mol. The number of ether oxygens (including phenoxy) is 1. The van der Waals surface area contributed by atoms with E-state index in [9.17, 15) is 4.79 Å². The van der Waals surface area contributed by atoms with E-state index in [0.29, 0.717) is 18.8 Å². The first-order valence-electron chi connectivity index (χ1n) is 6.06. The largest absolute Gasteiger partial charge is 0.372 e. The van der Waals surface area contributed by atoms with E-state index in [1.54, 1.807) is 0 Å². The third kappa shape index (κ3) is 2.75. The summed E-state index contributed by atoms with van der Waals surface area (Å²) >= 11 is 3.51. The Morgan fingerprint density at radius 1 is 1.39 bits per heavy atom. The van der Waals surface area contributed by atoms with Gasteiger partial charge in [-0.25, -0.2) is 0 Å². The summed E-state index contributed by atoms with van der Waals surface area (Å²) in [7, 11) is 0. The molecule has 1 unspecified atom stereocenters. The molecule has 0 saturated heterocycles. The zero-order valence-electron chi connectivity index (χ0n) is 10.9. The minimum atomic E-state index is -0.285. The number of nitrogens with one attached hydrogen (secondary N) is 1. The third-order valence-electron chi connectivity index (χ3n) is 3.41. The Labute approximate surface area is 116 Å². The molecule has 3 nitrogen and oxygen atoms in total. The molecule has 0 aliphatic carbocycles. The molecule has 1 aromatic carbocycles. The maximum absolute atomic E-state index is 12.2. The first kappa shape index (κ1) is 13.6. The van der Waals surface area contributed by atoms with Crippen LogP contribution in [0.4, 0.5) is 0 Å². The molecule has 0 saturated carbocycles. The Hall–Kier alpha value is -0.870. The van der Waals surface area contributed by atoms with E-state index in [0.717, 1.165) is 5.56 Å². The van der Waals surface area contributed by atoms with Crippen molar-refractivity contribution in [1.29, 1.82) is 0 Å². The normalized spacial score (nSPS) is 16.2. The van der Waals surface area contributed by atoms with Gasteiger partial charge in [-0.15, -0.1) is 0 Å². The van der Waals surface area contributed by atoms with Gasteiger partial charge in [0.15, 0.2) is 0 Å². The van der Waals surface area contributed by atoms with Crippen LogP contribution in [0.1, 0.15) is 42.3 Å². The van der Waals surface area contributed by atoms with Crippen LogP contribution in [0.15, 0.2) is 18.2 Å². The van der Waals surface area contributed by atoms with Crippen molar-refractivity contribution in [3.63, 3.8) is 0 Å². The zero-order valence-corrected chi connectivity index (χ0v) is 12.5. The average Bonchev–Trinajstić information content (AvgIpc) is 2.74. The van der Waals surface area contributed by atoms with Crippen molar-refractivity contribution in [1.82, 2.24) is 5.32 Å². The lowest BCUT2D eigenvalue weighted by molar-refractivity contribution is 0.0913. The van der Waals surface area contributed by atoms with Crippen LogP contribution < -0.4 is 5.32 Å². The maximum Gasteiger partial charge on any atom is 0.251 e. The second kappa shape index (κ2) is 5.02. The van der Waals surface area contributed by atoms with Crippen LogP contribution in [0.5, 0.6) is 0 Å². The van der Waals surface area contributed by atoms with E-state index >= 15 is 0 Å². The van der Waals surface area contributed by atoms with Gasteiger partial charge in [0.2, 0.25) is 0 Å². The van der Waals surface area contributed by atoms with Gasteiger partial charge in [0.1, 0.15) is 0 Å². The molecule has 2 rings (SSSR count). The molecule has 98 valence electrons. The van der Waals surface area contributed by atoms with Gasteiger partial charge < -0.3 is 10.1 Å². The molecule has 0 radical (unpaired) electrons. The standard InChI is InChI=1S/C14H18BrNO2/c1-9(15)14(2,3)16-13(17)10-4-5-11-7-18-8-12(11)6-10/h4-6,9H,7-8H2,1-3H3,(H,16,17).